The van der Waals surface area contributed by atoms with Crippen molar-refractivity contribution in [2.75, 3.05) is 198 Å². The number of carbonyl (C=O) groups is 10. The summed E-state index contributed by atoms with van der Waals surface area (Å²) in [4.78, 5) is 115. The van der Waals surface area contributed by atoms with Gasteiger partial charge in [0, 0.05) is 60.8 Å². The minimum Gasteiger partial charge on any atom is -0.460 e. The van der Waals surface area contributed by atoms with E-state index in [0.717, 1.165) is 60.8 Å². The van der Waals surface area contributed by atoms with E-state index in [-0.39, 0.29) is 250 Å². The highest BCUT2D eigenvalue weighted by molar-refractivity contribution is 5.84. The van der Waals surface area contributed by atoms with Crippen molar-refractivity contribution in [1.29, 1.82) is 0 Å². The Kier molecular flexibility index (Phi) is 81.9. The quantitative estimate of drug-likeness (QED) is 0.0276. The molecule has 0 N–H and O–H groups in total. The molecule has 0 spiro atoms. The molecule has 31 nitrogen and oxygen atoms in total. The lowest BCUT2D eigenvalue weighted by Gasteiger charge is -2.43. The maximum absolute atomic E-state index is 11.6. The summed E-state index contributed by atoms with van der Waals surface area (Å²) in [6.45, 7) is 30.2. The van der Waals surface area contributed by atoms with E-state index in [2.05, 4.69) is 65.8 Å². The van der Waals surface area contributed by atoms with Crippen LogP contribution in [0, 0.1) is 5.41 Å². The summed E-state index contributed by atoms with van der Waals surface area (Å²) in [5, 5.41) is 0. The monoisotopic (exact) mass is 1450 g/mol. The standard InChI is InChI=1S/C38H54O19.C25H36O12.7CH4/c1-7-31(39)51-19-13-45-25-37(26-46-14-20-52-32(40)8-2,27-47-15-21-53-33(41)9-3)57-38(28-48-16-22-54-34(42)10-4,29-49-17-23-55-35(43)11-5)30-50-18-24-56-36(44)12-6;1-5-21(26)34-13-9-30-17-25(18-31-10-14-35-22(27)6-2,19-32-11-15-36-23(28)7-3)20-33-12-16-37-24(29)8-4;;;;;;;/h7-12H,1-6,13-30H2;5-8H,1-4,9-20H2;7*1H4. The van der Waals surface area contributed by atoms with Gasteiger partial charge in [-0.15, -0.1) is 0 Å². The van der Waals surface area contributed by atoms with Crippen molar-refractivity contribution < 1.29 is 147 Å². The van der Waals surface area contributed by atoms with Crippen LogP contribution in [0.25, 0.3) is 0 Å². The molecule has 0 aliphatic carbocycles. The number of rotatable bonds is 62. The zero-order valence-electron chi connectivity index (χ0n) is 53.2. The number of hydrogen-bond donors (Lipinski definition) is 0. The Labute approximate surface area is 598 Å². The summed E-state index contributed by atoms with van der Waals surface area (Å²) >= 11 is 0. The van der Waals surface area contributed by atoms with Crippen molar-refractivity contribution in [3.8, 4) is 0 Å². The van der Waals surface area contributed by atoms with E-state index in [1.807, 2.05) is 0 Å². The third-order valence-corrected chi connectivity index (χ3v) is 10.6. The third-order valence-electron chi connectivity index (χ3n) is 10.6. The highest BCUT2D eigenvalue weighted by atomic mass is 16.7. The van der Waals surface area contributed by atoms with Gasteiger partial charge in [0.05, 0.1) is 138 Å². The van der Waals surface area contributed by atoms with Gasteiger partial charge in [0.25, 0.3) is 0 Å². The number of ether oxygens (including phenoxy) is 21. The van der Waals surface area contributed by atoms with E-state index in [9.17, 15) is 47.9 Å². The van der Waals surface area contributed by atoms with Crippen LogP contribution >= 0.6 is 0 Å². The molecular weight excluding hydrogens is 1340 g/mol. The van der Waals surface area contributed by atoms with Crippen LogP contribution in [-0.4, -0.2) is 269 Å². The van der Waals surface area contributed by atoms with Gasteiger partial charge in [0.2, 0.25) is 0 Å². The SMILES string of the molecule is C.C.C.C.C.C.C.C=CC(=O)OCCOCC(COCCOC(=O)C=C)(COCCOC(=O)C=C)COCCOC(=O)C=C.C=CC(=O)OCCOCC(COCCOC(=O)C=C)(COCCOC(=O)C=C)OC(COCCOC(=O)C=C)(COCCOC(=O)C=C)COCCOC(=O)C=C. The Bertz CT molecular complexity index is 1980. The summed E-state index contributed by atoms with van der Waals surface area (Å²) in [6.07, 6.45) is 10.1. The lowest BCUT2D eigenvalue weighted by molar-refractivity contribution is -0.266. The number of hydrogen-bond acceptors (Lipinski definition) is 31. The molecule has 0 aliphatic heterocycles. The van der Waals surface area contributed by atoms with Crippen molar-refractivity contribution >= 4 is 59.7 Å². The maximum Gasteiger partial charge on any atom is 0.330 e. The van der Waals surface area contributed by atoms with E-state index in [0.29, 0.717) is 0 Å². The maximum atomic E-state index is 11.6. The summed E-state index contributed by atoms with van der Waals surface area (Å²) < 4.78 is 115. The molecule has 0 heterocycles. The first kappa shape index (κ1) is 111. The summed E-state index contributed by atoms with van der Waals surface area (Å²) in [7, 11) is 0. The Morgan fingerprint density at radius 2 is 0.297 bits per heavy atom. The van der Waals surface area contributed by atoms with Gasteiger partial charge >= 0.3 is 59.7 Å². The molecule has 31 heteroatoms. The molecule has 0 atom stereocenters. The molecule has 0 fully saturated rings. The topological polar surface area (TPSA) is 365 Å². The molecule has 0 saturated carbocycles. The zero-order valence-corrected chi connectivity index (χ0v) is 53.2. The van der Waals surface area contributed by atoms with Crippen LogP contribution < -0.4 is 0 Å². The molecular formula is C70H118O31. The summed E-state index contributed by atoms with van der Waals surface area (Å²) in [6, 6.07) is 0. The molecule has 0 bridgehead atoms. The Hall–Kier alpha value is -8.34. The molecule has 0 radical (unpaired) electrons. The van der Waals surface area contributed by atoms with Gasteiger partial charge in [0.1, 0.15) is 77.3 Å². The fraction of sp³-hybridized carbons (Fsp3) is 0.571. The Balaban J connectivity index is -0.000000241. The van der Waals surface area contributed by atoms with E-state index < -0.39 is 76.3 Å². The fourth-order valence-electron chi connectivity index (χ4n) is 6.44. The largest absolute Gasteiger partial charge is 0.460 e. The lowest BCUT2D eigenvalue weighted by Crippen LogP contribution is -2.59. The molecule has 0 aromatic carbocycles. The predicted molar refractivity (Wildman–Crippen MR) is 376 cm³/mol. The number of carbonyl (C=O) groups excluding carboxylic acids is 10. The molecule has 0 aromatic heterocycles. The second kappa shape index (κ2) is 74.4. The second-order valence-electron chi connectivity index (χ2n) is 18.2. The van der Waals surface area contributed by atoms with Gasteiger partial charge in [-0.1, -0.05) is 118 Å². The minimum absolute atomic E-state index is 0. The van der Waals surface area contributed by atoms with Crippen molar-refractivity contribution in [2.24, 2.45) is 5.41 Å². The molecule has 0 aromatic rings. The van der Waals surface area contributed by atoms with E-state index in [4.69, 9.17) is 99.5 Å². The number of esters is 10. The first-order valence-corrected chi connectivity index (χ1v) is 28.7. The van der Waals surface area contributed by atoms with Gasteiger partial charge in [-0.3, -0.25) is 0 Å². The van der Waals surface area contributed by atoms with E-state index in [1.54, 1.807) is 0 Å². The van der Waals surface area contributed by atoms with Crippen LogP contribution in [0.1, 0.15) is 52.0 Å². The summed E-state index contributed by atoms with van der Waals surface area (Å²) in [5.41, 5.74) is -4.12. The minimum atomic E-state index is -1.62. The lowest BCUT2D eigenvalue weighted by atomic mass is 9.92. The average Bonchev–Trinajstić information content (AvgIpc) is 0.812. The smallest absolute Gasteiger partial charge is 0.330 e. The first-order chi connectivity index (χ1) is 45.3. The first-order valence-electron chi connectivity index (χ1n) is 28.7. The molecule has 101 heavy (non-hydrogen) atoms. The van der Waals surface area contributed by atoms with Gasteiger partial charge in [-0.2, -0.15) is 0 Å². The van der Waals surface area contributed by atoms with E-state index in [1.165, 1.54) is 0 Å². The molecule has 0 unspecified atom stereocenters. The highest BCUT2D eigenvalue weighted by Crippen LogP contribution is 2.27. The predicted octanol–water partition coefficient (Wildman–Crippen LogP) is 6.36. The Morgan fingerprint density at radius 1 is 0.188 bits per heavy atom. The third kappa shape index (κ3) is 63.6. The van der Waals surface area contributed by atoms with Crippen LogP contribution in [0.4, 0.5) is 0 Å². The summed E-state index contributed by atoms with van der Waals surface area (Å²) in [5.74, 6) is -6.42. The van der Waals surface area contributed by atoms with Gasteiger partial charge in [-0.25, -0.2) is 47.9 Å². The van der Waals surface area contributed by atoms with Gasteiger partial charge in [0.15, 0.2) is 0 Å². The van der Waals surface area contributed by atoms with Gasteiger partial charge in [-0.05, 0) is 0 Å². The van der Waals surface area contributed by atoms with E-state index >= 15 is 0 Å². The normalized spacial score (nSPS) is 10.1. The van der Waals surface area contributed by atoms with Crippen molar-refractivity contribution in [1.82, 2.24) is 0 Å². The molecule has 584 valence electrons. The van der Waals surface area contributed by atoms with Crippen LogP contribution in [0.15, 0.2) is 127 Å². The van der Waals surface area contributed by atoms with Crippen LogP contribution in [-0.2, 0) is 147 Å². The van der Waals surface area contributed by atoms with Crippen LogP contribution in [0.2, 0.25) is 0 Å². The molecule has 0 rings (SSSR count). The zero-order chi connectivity index (χ0) is 70.4. The highest BCUT2D eigenvalue weighted by Gasteiger charge is 2.45. The fourth-order valence-corrected chi connectivity index (χ4v) is 6.44. The average molecular weight is 1460 g/mol. The van der Waals surface area contributed by atoms with Crippen molar-refractivity contribution in [3.05, 3.63) is 127 Å². The Morgan fingerprint density at radius 3 is 0.406 bits per heavy atom. The molecule has 0 saturated heterocycles. The molecule has 0 aliphatic rings. The second-order valence-corrected chi connectivity index (χ2v) is 18.2. The van der Waals surface area contributed by atoms with Crippen LogP contribution in [0.5, 0.6) is 0 Å². The van der Waals surface area contributed by atoms with Crippen molar-refractivity contribution in [2.45, 2.75) is 63.2 Å². The van der Waals surface area contributed by atoms with Gasteiger partial charge < -0.3 is 99.5 Å². The van der Waals surface area contributed by atoms with Crippen LogP contribution in [0.3, 0.4) is 0 Å². The molecule has 0 amide bonds. The van der Waals surface area contributed by atoms with Crippen molar-refractivity contribution in [3.63, 3.8) is 0 Å².